The number of rotatable bonds is 6. The van der Waals surface area contributed by atoms with Crippen LogP contribution < -0.4 is 4.74 Å². The maximum Gasteiger partial charge on any atom is 0.168 e. The normalized spacial score (nSPS) is 10.1. The summed E-state index contributed by atoms with van der Waals surface area (Å²) < 4.78 is 7.42. The number of ether oxygens (including phenoxy) is 1. The van der Waals surface area contributed by atoms with E-state index in [1.165, 1.54) is 0 Å². The molecule has 1 aromatic heterocycles. The van der Waals surface area contributed by atoms with Crippen LogP contribution in [-0.2, 0) is 6.54 Å². The highest BCUT2D eigenvalue weighted by Gasteiger charge is 2.07. The van der Waals surface area contributed by atoms with Crippen molar-refractivity contribution in [2.45, 2.75) is 18.1 Å². The molecule has 1 heterocycles. The molecular weight excluding hydrogens is 258 g/mol. The van der Waals surface area contributed by atoms with Crippen LogP contribution in [0, 0.1) is 11.3 Å². The van der Waals surface area contributed by atoms with Gasteiger partial charge in [-0.15, -0.1) is 0 Å². The van der Waals surface area contributed by atoms with Crippen LogP contribution in [0.1, 0.15) is 12.0 Å². The number of nitrogens with zero attached hydrogens (tertiary/aromatic N) is 3. The third-order valence-corrected chi connectivity index (χ3v) is 3.66. The van der Waals surface area contributed by atoms with E-state index in [-0.39, 0.29) is 0 Å². The van der Waals surface area contributed by atoms with E-state index in [9.17, 15) is 0 Å². The van der Waals surface area contributed by atoms with E-state index >= 15 is 0 Å². The highest BCUT2D eigenvalue weighted by molar-refractivity contribution is 7.99. The number of hydrogen-bond donors (Lipinski definition) is 0. The fraction of sp³-hybridized carbons (Fsp3) is 0.286. The van der Waals surface area contributed by atoms with Crippen LogP contribution in [0.3, 0.4) is 0 Å². The number of para-hydroxylation sites is 1. The number of methoxy groups -OCH3 is 1. The van der Waals surface area contributed by atoms with E-state index < -0.39 is 0 Å². The molecule has 19 heavy (non-hydrogen) atoms. The Morgan fingerprint density at radius 1 is 1.42 bits per heavy atom. The van der Waals surface area contributed by atoms with Crippen molar-refractivity contribution < 1.29 is 4.74 Å². The van der Waals surface area contributed by atoms with Gasteiger partial charge in [0.2, 0.25) is 0 Å². The molecule has 0 atom stereocenters. The zero-order valence-electron chi connectivity index (χ0n) is 10.7. The molecule has 0 aliphatic heterocycles. The van der Waals surface area contributed by atoms with Crippen LogP contribution in [0.2, 0.25) is 0 Å². The Morgan fingerprint density at radius 3 is 3.05 bits per heavy atom. The van der Waals surface area contributed by atoms with E-state index in [1.807, 2.05) is 30.5 Å². The van der Waals surface area contributed by atoms with Gasteiger partial charge in [0, 0.05) is 30.1 Å². The Morgan fingerprint density at radius 2 is 2.26 bits per heavy atom. The summed E-state index contributed by atoms with van der Waals surface area (Å²) in [7, 11) is 1.68. The largest absolute Gasteiger partial charge is 0.496 e. The molecule has 1 aromatic carbocycles. The fourth-order valence-electron chi connectivity index (χ4n) is 1.76. The third kappa shape index (κ3) is 3.52. The summed E-state index contributed by atoms with van der Waals surface area (Å²) in [6.45, 7) is 0.721. The van der Waals surface area contributed by atoms with Crippen molar-refractivity contribution in [3.8, 4) is 11.8 Å². The summed E-state index contributed by atoms with van der Waals surface area (Å²) in [6.07, 6.45) is 4.26. The molecule has 0 unspecified atom stereocenters. The molecule has 98 valence electrons. The van der Waals surface area contributed by atoms with Crippen LogP contribution in [0.15, 0.2) is 41.8 Å². The van der Waals surface area contributed by atoms with Gasteiger partial charge < -0.3 is 9.30 Å². The highest BCUT2D eigenvalue weighted by Crippen LogP contribution is 2.22. The molecule has 0 saturated carbocycles. The van der Waals surface area contributed by atoms with Crippen molar-refractivity contribution in [3.05, 3.63) is 42.2 Å². The van der Waals surface area contributed by atoms with Gasteiger partial charge in [-0.3, -0.25) is 0 Å². The van der Waals surface area contributed by atoms with Crippen LogP contribution in [0.25, 0.3) is 0 Å². The van der Waals surface area contributed by atoms with E-state index in [2.05, 4.69) is 15.6 Å². The van der Waals surface area contributed by atoms with Crippen LogP contribution >= 0.6 is 11.8 Å². The van der Waals surface area contributed by atoms with Crippen LogP contribution in [0.4, 0.5) is 0 Å². The Balaban J connectivity index is 2.11. The molecule has 0 aliphatic carbocycles. The number of thioether (sulfide) groups is 1. The quantitative estimate of drug-likeness (QED) is 0.600. The fourth-order valence-corrected chi connectivity index (χ4v) is 2.56. The smallest absolute Gasteiger partial charge is 0.168 e. The summed E-state index contributed by atoms with van der Waals surface area (Å²) in [4.78, 5) is 4.32. The molecule has 2 aromatic rings. The van der Waals surface area contributed by atoms with E-state index in [4.69, 9.17) is 10.00 Å². The van der Waals surface area contributed by atoms with Crippen molar-refractivity contribution in [1.29, 1.82) is 5.26 Å². The minimum atomic E-state index is 0.534. The van der Waals surface area contributed by atoms with Gasteiger partial charge in [-0.1, -0.05) is 30.0 Å². The van der Waals surface area contributed by atoms with Gasteiger partial charge in [-0.25, -0.2) is 4.98 Å². The molecule has 0 aliphatic rings. The van der Waals surface area contributed by atoms with Gasteiger partial charge in [-0.2, -0.15) is 5.26 Å². The summed E-state index contributed by atoms with van der Waals surface area (Å²) in [6, 6.07) is 10.1. The van der Waals surface area contributed by atoms with Gasteiger partial charge in [0.1, 0.15) is 5.75 Å². The standard InChI is InChI=1S/C14H15N3OS/c1-18-13-6-3-2-5-12(13)11-17-9-8-16-14(17)19-10-4-7-15/h2-3,5-6,8-9H,4,10-11H2,1H3. The first-order chi connectivity index (χ1) is 9.35. The summed E-state index contributed by atoms with van der Waals surface area (Å²) >= 11 is 1.60. The van der Waals surface area contributed by atoms with E-state index in [1.54, 1.807) is 25.1 Å². The summed E-state index contributed by atoms with van der Waals surface area (Å²) in [5, 5.41) is 9.49. The Labute approximate surface area is 117 Å². The monoisotopic (exact) mass is 273 g/mol. The maximum atomic E-state index is 8.56. The van der Waals surface area contributed by atoms with Gasteiger partial charge in [-0.05, 0) is 6.07 Å². The lowest BCUT2D eigenvalue weighted by molar-refractivity contribution is 0.407. The van der Waals surface area contributed by atoms with Gasteiger partial charge in [0.15, 0.2) is 5.16 Å². The molecule has 5 heteroatoms. The molecule has 4 nitrogen and oxygen atoms in total. The minimum absolute atomic E-state index is 0.534. The summed E-state index contributed by atoms with van der Waals surface area (Å²) in [5.41, 5.74) is 1.12. The number of hydrogen-bond acceptors (Lipinski definition) is 4. The van der Waals surface area contributed by atoms with Gasteiger partial charge >= 0.3 is 0 Å². The highest BCUT2D eigenvalue weighted by atomic mass is 32.2. The second kappa shape index (κ2) is 6.86. The third-order valence-electron chi connectivity index (χ3n) is 2.66. The molecule has 0 N–H and O–H groups in total. The van der Waals surface area contributed by atoms with E-state index in [0.29, 0.717) is 6.42 Å². The topological polar surface area (TPSA) is 50.8 Å². The van der Waals surface area contributed by atoms with Crippen molar-refractivity contribution in [1.82, 2.24) is 9.55 Å². The van der Waals surface area contributed by atoms with E-state index in [0.717, 1.165) is 28.8 Å². The van der Waals surface area contributed by atoms with Crippen molar-refractivity contribution >= 4 is 11.8 Å². The number of aromatic nitrogens is 2. The number of imidazole rings is 1. The zero-order chi connectivity index (χ0) is 13.5. The Kier molecular flexibility index (Phi) is 4.87. The van der Waals surface area contributed by atoms with Crippen molar-refractivity contribution in [2.75, 3.05) is 12.9 Å². The second-order valence-corrected chi connectivity index (χ2v) is 4.97. The van der Waals surface area contributed by atoms with Crippen molar-refractivity contribution in [3.63, 3.8) is 0 Å². The minimum Gasteiger partial charge on any atom is -0.496 e. The SMILES string of the molecule is COc1ccccc1Cn1ccnc1SCCC#N. The summed E-state index contributed by atoms with van der Waals surface area (Å²) in [5.74, 6) is 1.64. The van der Waals surface area contributed by atoms with Crippen LogP contribution in [-0.4, -0.2) is 22.4 Å². The van der Waals surface area contributed by atoms with Crippen LogP contribution in [0.5, 0.6) is 5.75 Å². The lowest BCUT2D eigenvalue weighted by Crippen LogP contribution is -2.02. The first kappa shape index (κ1) is 13.5. The second-order valence-electron chi connectivity index (χ2n) is 3.91. The van der Waals surface area contributed by atoms with Crippen molar-refractivity contribution in [2.24, 2.45) is 0 Å². The Bertz CT molecular complexity index is 574. The predicted octanol–water partition coefficient (Wildman–Crippen LogP) is 2.95. The molecule has 2 rings (SSSR count). The predicted molar refractivity (Wildman–Crippen MR) is 75.3 cm³/mol. The lowest BCUT2D eigenvalue weighted by Gasteiger charge is -2.10. The zero-order valence-corrected chi connectivity index (χ0v) is 11.6. The van der Waals surface area contributed by atoms with Gasteiger partial charge in [0.25, 0.3) is 0 Å². The molecule has 0 fully saturated rings. The Hall–Kier alpha value is -1.93. The van der Waals surface area contributed by atoms with Gasteiger partial charge in [0.05, 0.1) is 19.7 Å². The molecule has 0 bridgehead atoms. The lowest BCUT2D eigenvalue weighted by atomic mass is 10.2. The first-order valence-corrected chi connectivity index (χ1v) is 6.96. The molecular formula is C14H15N3OS. The molecule has 0 spiro atoms. The number of benzene rings is 1. The average molecular weight is 273 g/mol. The first-order valence-electron chi connectivity index (χ1n) is 5.98. The average Bonchev–Trinajstić information content (AvgIpc) is 2.87. The molecule has 0 saturated heterocycles. The molecule has 0 amide bonds. The number of nitriles is 1. The maximum absolute atomic E-state index is 8.56. The molecule has 0 radical (unpaired) electrons.